The lowest BCUT2D eigenvalue weighted by Gasteiger charge is -1.97. The molecular weight excluding hydrogens is 188 g/mol. The Morgan fingerprint density at radius 3 is 3.08 bits per heavy atom. The van der Waals surface area contributed by atoms with Crippen LogP contribution in [-0.4, -0.2) is 10.2 Å². The highest BCUT2D eigenvalue weighted by Gasteiger charge is 1.94. The second-order valence-corrected chi connectivity index (χ2v) is 3.42. The molecule has 0 radical (unpaired) electrons. The van der Waals surface area contributed by atoms with Crippen molar-refractivity contribution < 1.29 is 0 Å². The normalized spacial score (nSPS) is 10.4. The van der Waals surface area contributed by atoms with E-state index >= 15 is 0 Å². The Labute approximate surface area is 80.0 Å². The van der Waals surface area contributed by atoms with Crippen molar-refractivity contribution in [2.45, 2.75) is 4.90 Å². The molecule has 60 valence electrons. The fraction of sp³-hybridized carbons (Fsp3) is 0. The molecule has 0 unspecified atom stereocenters. The number of fused-ring (bicyclic) bond motifs is 1. The maximum Gasteiger partial charge on any atom is 0.0672 e. The summed E-state index contributed by atoms with van der Waals surface area (Å²) in [6, 6.07) is 5.75. The van der Waals surface area contributed by atoms with Crippen molar-refractivity contribution >= 4 is 35.7 Å². The van der Waals surface area contributed by atoms with E-state index in [1.54, 1.807) is 6.20 Å². The van der Waals surface area contributed by atoms with E-state index < -0.39 is 0 Å². The zero-order chi connectivity index (χ0) is 8.55. The van der Waals surface area contributed by atoms with Gasteiger partial charge < -0.3 is 0 Å². The zero-order valence-electron chi connectivity index (χ0n) is 6.11. The molecule has 1 aromatic carbocycles. The third kappa shape index (κ3) is 1.23. The van der Waals surface area contributed by atoms with Crippen LogP contribution in [0.5, 0.6) is 0 Å². The number of thiol groups is 1. The van der Waals surface area contributed by atoms with Gasteiger partial charge in [-0.15, -0.1) is 12.6 Å². The van der Waals surface area contributed by atoms with E-state index in [0.717, 1.165) is 20.3 Å². The molecule has 4 heteroatoms. The Bertz CT molecular complexity index is 476. The Hall–Kier alpha value is -0.870. The fourth-order valence-corrected chi connectivity index (χ4v) is 1.49. The predicted octanol–water partition coefficient (Wildman–Crippen LogP) is 2.58. The van der Waals surface area contributed by atoms with Crippen molar-refractivity contribution in [2.75, 3.05) is 0 Å². The number of H-pyrrole nitrogens is 1. The van der Waals surface area contributed by atoms with E-state index in [2.05, 4.69) is 22.8 Å². The number of aromatic nitrogens is 2. The van der Waals surface area contributed by atoms with Gasteiger partial charge >= 0.3 is 0 Å². The lowest BCUT2D eigenvalue weighted by Crippen LogP contribution is -1.83. The number of benzene rings is 1. The Morgan fingerprint density at radius 2 is 2.25 bits per heavy atom. The van der Waals surface area contributed by atoms with Crippen LogP contribution >= 0.6 is 24.8 Å². The molecule has 0 atom stereocenters. The summed E-state index contributed by atoms with van der Waals surface area (Å²) in [5.41, 5.74) is 0.945. The SMILES string of the molecule is S=c1cn[nH]c2ccc(S)cc12. The summed E-state index contributed by atoms with van der Waals surface area (Å²) in [7, 11) is 0. The number of hydrogen-bond acceptors (Lipinski definition) is 3. The van der Waals surface area contributed by atoms with Gasteiger partial charge in [-0.25, -0.2) is 0 Å². The molecule has 0 saturated carbocycles. The van der Waals surface area contributed by atoms with Crippen molar-refractivity contribution in [1.29, 1.82) is 0 Å². The third-order valence-corrected chi connectivity index (χ3v) is 2.24. The van der Waals surface area contributed by atoms with Crippen LogP contribution < -0.4 is 0 Å². The first-order chi connectivity index (χ1) is 5.77. The average molecular weight is 194 g/mol. The van der Waals surface area contributed by atoms with Gasteiger partial charge in [0, 0.05) is 10.3 Å². The Morgan fingerprint density at radius 1 is 1.42 bits per heavy atom. The van der Waals surface area contributed by atoms with Crippen LogP contribution in [0, 0.1) is 4.51 Å². The average Bonchev–Trinajstić information content (AvgIpc) is 2.07. The molecule has 1 aromatic heterocycles. The quantitative estimate of drug-likeness (QED) is 0.498. The summed E-state index contributed by atoms with van der Waals surface area (Å²) in [4.78, 5) is 0.910. The molecule has 0 aliphatic heterocycles. The first kappa shape index (κ1) is 7.76. The van der Waals surface area contributed by atoms with Crippen LogP contribution in [0.25, 0.3) is 10.9 Å². The van der Waals surface area contributed by atoms with Gasteiger partial charge in [0.05, 0.1) is 16.2 Å². The Kier molecular flexibility index (Phi) is 1.86. The van der Waals surface area contributed by atoms with Gasteiger partial charge in [-0.2, -0.15) is 5.10 Å². The molecule has 12 heavy (non-hydrogen) atoms. The number of rotatable bonds is 0. The first-order valence-electron chi connectivity index (χ1n) is 3.44. The van der Waals surface area contributed by atoms with Crippen LogP contribution in [0.2, 0.25) is 0 Å². The summed E-state index contributed by atoms with van der Waals surface area (Å²) >= 11 is 9.32. The van der Waals surface area contributed by atoms with Gasteiger partial charge in [0.1, 0.15) is 0 Å². The molecule has 0 saturated heterocycles. The minimum absolute atomic E-state index is 0.750. The smallest absolute Gasteiger partial charge is 0.0672 e. The topological polar surface area (TPSA) is 28.7 Å². The van der Waals surface area contributed by atoms with Crippen molar-refractivity contribution in [1.82, 2.24) is 10.2 Å². The molecular formula is C8H6N2S2. The molecule has 2 rings (SSSR count). The van der Waals surface area contributed by atoms with Crippen LogP contribution in [0.15, 0.2) is 29.3 Å². The summed E-state index contributed by atoms with van der Waals surface area (Å²) in [6.45, 7) is 0. The van der Waals surface area contributed by atoms with E-state index in [0.29, 0.717) is 0 Å². The Balaban J connectivity index is 2.98. The van der Waals surface area contributed by atoms with E-state index in [9.17, 15) is 0 Å². The van der Waals surface area contributed by atoms with E-state index in [4.69, 9.17) is 12.2 Å². The third-order valence-electron chi connectivity index (χ3n) is 1.64. The van der Waals surface area contributed by atoms with Gasteiger partial charge in [-0.3, -0.25) is 5.10 Å². The lowest BCUT2D eigenvalue weighted by molar-refractivity contribution is 1.07. The van der Waals surface area contributed by atoms with Crippen LogP contribution in [0.1, 0.15) is 0 Å². The van der Waals surface area contributed by atoms with Crippen molar-refractivity contribution in [3.05, 3.63) is 28.9 Å². The molecule has 1 heterocycles. The minimum Gasteiger partial charge on any atom is -0.278 e. The minimum atomic E-state index is 0.750. The lowest BCUT2D eigenvalue weighted by atomic mass is 10.2. The van der Waals surface area contributed by atoms with Gasteiger partial charge in [0.15, 0.2) is 0 Å². The van der Waals surface area contributed by atoms with Crippen LogP contribution in [0.3, 0.4) is 0 Å². The maximum absolute atomic E-state index is 5.10. The van der Waals surface area contributed by atoms with E-state index in [-0.39, 0.29) is 0 Å². The molecule has 2 nitrogen and oxygen atoms in total. The molecule has 1 N–H and O–H groups in total. The molecule has 0 fully saturated rings. The first-order valence-corrected chi connectivity index (χ1v) is 4.29. The van der Waals surface area contributed by atoms with E-state index in [1.165, 1.54) is 0 Å². The molecule has 0 amide bonds. The highest BCUT2D eigenvalue weighted by molar-refractivity contribution is 7.80. The number of hydrogen-bond donors (Lipinski definition) is 2. The van der Waals surface area contributed by atoms with Gasteiger partial charge in [0.2, 0.25) is 0 Å². The second-order valence-electron chi connectivity index (χ2n) is 2.46. The highest BCUT2D eigenvalue weighted by atomic mass is 32.1. The van der Waals surface area contributed by atoms with Gasteiger partial charge in [-0.05, 0) is 18.2 Å². The number of aromatic amines is 1. The summed E-state index contributed by atoms with van der Waals surface area (Å²) in [5, 5.41) is 7.75. The molecule has 0 aliphatic rings. The highest BCUT2D eigenvalue weighted by Crippen LogP contribution is 2.16. The van der Waals surface area contributed by atoms with Crippen LogP contribution in [0.4, 0.5) is 0 Å². The molecule has 0 bridgehead atoms. The zero-order valence-corrected chi connectivity index (χ0v) is 7.82. The second kappa shape index (κ2) is 2.88. The standard InChI is InChI=1S/C8H6N2S2/c11-5-1-2-7-6(3-5)8(12)4-9-10-7/h1-4,11H,(H,10,12). The van der Waals surface area contributed by atoms with E-state index in [1.807, 2.05) is 18.2 Å². The molecule has 0 aliphatic carbocycles. The van der Waals surface area contributed by atoms with Crippen molar-refractivity contribution in [2.24, 2.45) is 0 Å². The van der Waals surface area contributed by atoms with Crippen molar-refractivity contribution in [3.63, 3.8) is 0 Å². The van der Waals surface area contributed by atoms with Crippen LogP contribution in [-0.2, 0) is 0 Å². The van der Waals surface area contributed by atoms with Gasteiger partial charge in [0.25, 0.3) is 0 Å². The molecule has 0 spiro atoms. The van der Waals surface area contributed by atoms with Crippen molar-refractivity contribution in [3.8, 4) is 0 Å². The summed E-state index contributed by atoms with van der Waals surface area (Å²) in [5.74, 6) is 0. The monoisotopic (exact) mass is 194 g/mol. The number of nitrogens with zero attached hydrogens (tertiary/aromatic N) is 1. The number of nitrogens with one attached hydrogen (secondary N) is 1. The molecule has 2 aromatic rings. The summed E-state index contributed by atoms with van der Waals surface area (Å²) < 4.78 is 0.750. The largest absolute Gasteiger partial charge is 0.278 e. The fourth-order valence-electron chi connectivity index (χ4n) is 1.06. The maximum atomic E-state index is 5.10. The predicted molar refractivity (Wildman–Crippen MR) is 54.2 cm³/mol. The van der Waals surface area contributed by atoms with Gasteiger partial charge in [-0.1, -0.05) is 12.2 Å². The summed E-state index contributed by atoms with van der Waals surface area (Å²) in [6.07, 6.45) is 1.63.